The van der Waals surface area contributed by atoms with E-state index in [1.807, 2.05) is 41.5 Å². The van der Waals surface area contributed by atoms with Gasteiger partial charge >= 0.3 is 0 Å². The molecule has 0 aromatic rings. The summed E-state index contributed by atoms with van der Waals surface area (Å²) in [6.07, 6.45) is 0.560. The zero-order chi connectivity index (χ0) is 13.7. The minimum atomic E-state index is -0.314. The highest BCUT2D eigenvalue weighted by Crippen LogP contribution is 2.21. The fourth-order valence-corrected chi connectivity index (χ4v) is 1.37. The minimum absolute atomic E-state index is 0.0384. The van der Waals surface area contributed by atoms with E-state index in [-0.39, 0.29) is 36.2 Å². The van der Waals surface area contributed by atoms with Gasteiger partial charge in [0, 0.05) is 12.6 Å². The van der Waals surface area contributed by atoms with Gasteiger partial charge in [0.05, 0.1) is 5.60 Å². The first kappa shape index (κ1) is 16.4. The van der Waals surface area contributed by atoms with Crippen LogP contribution in [0.5, 0.6) is 0 Å². The molecule has 2 N–H and O–H groups in total. The van der Waals surface area contributed by atoms with E-state index in [0.29, 0.717) is 6.42 Å². The molecule has 0 saturated carbocycles. The van der Waals surface area contributed by atoms with Gasteiger partial charge in [0.15, 0.2) is 0 Å². The van der Waals surface area contributed by atoms with Crippen LogP contribution in [0.3, 0.4) is 0 Å². The third-order valence-corrected chi connectivity index (χ3v) is 2.43. The van der Waals surface area contributed by atoms with Crippen LogP contribution in [0.2, 0.25) is 0 Å². The Morgan fingerprint density at radius 1 is 1.24 bits per heavy atom. The first-order chi connectivity index (χ1) is 7.56. The molecule has 0 bridgehead atoms. The number of hydrogen-bond acceptors (Lipinski definition) is 3. The SMILES string of the molecule is CC(C)(C)OCC(=O)NC(CCO)C(C)(C)C. The Bertz CT molecular complexity index is 238. The molecule has 1 unspecified atom stereocenters. The molecule has 0 radical (unpaired) electrons. The zero-order valence-corrected chi connectivity index (χ0v) is 12.0. The van der Waals surface area contributed by atoms with Gasteiger partial charge in [-0.1, -0.05) is 20.8 Å². The molecule has 0 aromatic heterocycles. The van der Waals surface area contributed by atoms with Gasteiger partial charge in [-0.15, -0.1) is 0 Å². The van der Waals surface area contributed by atoms with E-state index in [2.05, 4.69) is 5.32 Å². The van der Waals surface area contributed by atoms with Crippen LogP contribution in [0.1, 0.15) is 48.0 Å². The summed E-state index contributed by atoms with van der Waals surface area (Å²) in [5.41, 5.74) is -0.383. The molecule has 0 fully saturated rings. The van der Waals surface area contributed by atoms with Crippen LogP contribution in [0.4, 0.5) is 0 Å². The van der Waals surface area contributed by atoms with Crippen molar-refractivity contribution in [1.82, 2.24) is 5.32 Å². The molecule has 1 atom stereocenters. The molecular formula is C13H27NO3. The van der Waals surface area contributed by atoms with Gasteiger partial charge in [-0.3, -0.25) is 4.79 Å². The molecule has 17 heavy (non-hydrogen) atoms. The maximum absolute atomic E-state index is 11.7. The Balaban J connectivity index is 4.23. The lowest BCUT2D eigenvalue weighted by Gasteiger charge is -2.31. The average molecular weight is 245 g/mol. The van der Waals surface area contributed by atoms with Crippen LogP contribution >= 0.6 is 0 Å². The number of hydrogen-bond donors (Lipinski definition) is 2. The van der Waals surface area contributed by atoms with Crippen molar-refractivity contribution < 1.29 is 14.6 Å². The highest BCUT2D eigenvalue weighted by molar-refractivity contribution is 5.77. The van der Waals surface area contributed by atoms with E-state index in [1.165, 1.54) is 0 Å². The van der Waals surface area contributed by atoms with Gasteiger partial charge in [0.2, 0.25) is 5.91 Å². The van der Waals surface area contributed by atoms with Gasteiger partial charge in [0.1, 0.15) is 6.61 Å². The monoisotopic (exact) mass is 245 g/mol. The first-order valence-corrected chi connectivity index (χ1v) is 6.10. The fraction of sp³-hybridized carbons (Fsp3) is 0.923. The van der Waals surface area contributed by atoms with Crippen molar-refractivity contribution in [3.63, 3.8) is 0 Å². The molecule has 0 aliphatic heterocycles. The van der Waals surface area contributed by atoms with Gasteiger partial charge in [0.25, 0.3) is 0 Å². The Hall–Kier alpha value is -0.610. The van der Waals surface area contributed by atoms with E-state index in [9.17, 15) is 4.79 Å². The number of rotatable bonds is 5. The third kappa shape index (κ3) is 8.16. The van der Waals surface area contributed by atoms with Crippen molar-refractivity contribution in [2.45, 2.75) is 59.6 Å². The molecule has 0 aliphatic carbocycles. The summed E-state index contributed by atoms with van der Waals surface area (Å²) in [6, 6.07) is -0.0384. The molecule has 0 rings (SSSR count). The second-order valence-corrected chi connectivity index (χ2v) is 6.40. The molecular weight excluding hydrogens is 218 g/mol. The van der Waals surface area contributed by atoms with Crippen molar-refractivity contribution in [3.8, 4) is 0 Å². The average Bonchev–Trinajstić information content (AvgIpc) is 2.11. The molecule has 0 spiro atoms. The van der Waals surface area contributed by atoms with E-state index < -0.39 is 0 Å². The Morgan fingerprint density at radius 2 is 1.76 bits per heavy atom. The van der Waals surface area contributed by atoms with Crippen molar-refractivity contribution in [2.75, 3.05) is 13.2 Å². The van der Waals surface area contributed by atoms with Crippen LogP contribution in [0.25, 0.3) is 0 Å². The Kier molecular flexibility index (Phi) is 6.13. The molecule has 4 heteroatoms. The maximum atomic E-state index is 11.7. The predicted octanol–water partition coefficient (Wildman–Crippen LogP) is 1.71. The Labute approximate surface area is 105 Å². The zero-order valence-electron chi connectivity index (χ0n) is 12.0. The van der Waals surface area contributed by atoms with E-state index >= 15 is 0 Å². The maximum Gasteiger partial charge on any atom is 0.246 e. The number of aliphatic hydroxyl groups excluding tert-OH is 1. The van der Waals surface area contributed by atoms with E-state index in [1.54, 1.807) is 0 Å². The second-order valence-electron chi connectivity index (χ2n) is 6.40. The van der Waals surface area contributed by atoms with Crippen LogP contribution in [-0.4, -0.2) is 35.9 Å². The summed E-state index contributed by atoms with van der Waals surface area (Å²) in [6.45, 7) is 12.0. The number of amides is 1. The highest BCUT2D eigenvalue weighted by Gasteiger charge is 2.26. The number of carbonyl (C=O) groups excluding carboxylic acids is 1. The predicted molar refractivity (Wildman–Crippen MR) is 68.8 cm³/mol. The standard InChI is InChI=1S/C13H27NO3/c1-12(2,3)10(7-8-15)14-11(16)9-17-13(4,5)6/h10,15H,7-9H2,1-6H3,(H,14,16). The third-order valence-electron chi connectivity index (χ3n) is 2.43. The summed E-state index contributed by atoms with van der Waals surface area (Å²) in [7, 11) is 0. The fourth-order valence-electron chi connectivity index (χ4n) is 1.37. The molecule has 0 saturated heterocycles. The van der Waals surface area contributed by atoms with Crippen LogP contribution in [0.15, 0.2) is 0 Å². The number of nitrogens with one attached hydrogen (secondary N) is 1. The summed E-state index contributed by atoms with van der Waals surface area (Å²) in [4.78, 5) is 11.7. The van der Waals surface area contributed by atoms with E-state index in [0.717, 1.165) is 0 Å². The van der Waals surface area contributed by atoms with Gasteiger partial charge in [-0.05, 0) is 32.6 Å². The first-order valence-electron chi connectivity index (χ1n) is 6.10. The minimum Gasteiger partial charge on any atom is -0.396 e. The van der Waals surface area contributed by atoms with Gasteiger partial charge in [-0.2, -0.15) is 0 Å². The van der Waals surface area contributed by atoms with Crippen molar-refractivity contribution in [1.29, 1.82) is 0 Å². The van der Waals surface area contributed by atoms with Crippen LogP contribution in [-0.2, 0) is 9.53 Å². The summed E-state index contributed by atoms with van der Waals surface area (Å²) in [5.74, 6) is -0.131. The molecule has 0 heterocycles. The van der Waals surface area contributed by atoms with Crippen LogP contribution in [0, 0.1) is 5.41 Å². The summed E-state index contributed by atoms with van der Waals surface area (Å²) < 4.78 is 5.41. The quantitative estimate of drug-likeness (QED) is 0.775. The Morgan fingerprint density at radius 3 is 2.12 bits per heavy atom. The lowest BCUT2D eigenvalue weighted by molar-refractivity contribution is -0.132. The molecule has 102 valence electrons. The number of ether oxygens (including phenoxy) is 1. The van der Waals surface area contributed by atoms with E-state index in [4.69, 9.17) is 9.84 Å². The largest absolute Gasteiger partial charge is 0.396 e. The number of carbonyl (C=O) groups is 1. The molecule has 0 aromatic carbocycles. The summed E-state index contributed by atoms with van der Waals surface area (Å²) >= 11 is 0. The van der Waals surface area contributed by atoms with Crippen molar-refractivity contribution >= 4 is 5.91 Å². The molecule has 0 aliphatic rings. The van der Waals surface area contributed by atoms with Gasteiger partial charge < -0.3 is 15.2 Å². The highest BCUT2D eigenvalue weighted by atomic mass is 16.5. The molecule has 1 amide bonds. The lowest BCUT2D eigenvalue weighted by Crippen LogP contribution is -2.46. The van der Waals surface area contributed by atoms with Crippen molar-refractivity contribution in [2.24, 2.45) is 5.41 Å². The lowest BCUT2D eigenvalue weighted by atomic mass is 9.85. The van der Waals surface area contributed by atoms with Crippen molar-refractivity contribution in [3.05, 3.63) is 0 Å². The van der Waals surface area contributed by atoms with Crippen LogP contribution < -0.4 is 5.32 Å². The molecule has 4 nitrogen and oxygen atoms in total. The van der Waals surface area contributed by atoms with Gasteiger partial charge in [-0.25, -0.2) is 0 Å². The topological polar surface area (TPSA) is 58.6 Å². The second kappa shape index (κ2) is 6.36. The normalized spacial score (nSPS) is 14.5. The summed E-state index contributed by atoms with van der Waals surface area (Å²) in [5, 5.41) is 11.9. The number of aliphatic hydroxyl groups is 1. The smallest absolute Gasteiger partial charge is 0.246 e.